The average Bonchev–Trinajstić information content (AvgIpc) is 3.25. The Bertz CT molecular complexity index is 783. The van der Waals surface area contributed by atoms with Crippen molar-refractivity contribution in [1.82, 2.24) is 15.2 Å². The number of nitrogens with zero attached hydrogens (tertiary/aromatic N) is 2. The monoisotopic (exact) mass is 375 g/mol. The van der Waals surface area contributed by atoms with Crippen LogP contribution in [-0.4, -0.2) is 41.3 Å². The first-order valence-corrected chi connectivity index (χ1v) is 9.61. The molecular weight excluding hydrogens is 353 g/mol. The number of rotatable bonds is 6. The lowest BCUT2D eigenvalue weighted by molar-refractivity contribution is -0.130. The first kappa shape index (κ1) is 18.5. The van der Waals surface area contributed by atoms with E-state index in [1.54, 1.807) is 12.1 Å². The van der Waals surface area contributed by atoms with Crippen molar-refractivity contribution in [3.05, 3.63) is 40.0 Å². The van der Waals surface area contributed by atoms with Gasteiger partial charge in [0.15, 0.2) is 0 Å². The highest BCUT2D eigenvalue weighted by Gasteiger charge is 2.18. The van der Waals surface area contributed by atoms with E-state index >= 15 is 0 Å². The van der Waals surface area contributed by atoms with Crippen molar-refractivity contribution in [1.29, 1.82) is 0 Å². The third-order valence-electron chi connectivity index (χ3n) is 4.36. The maximum atomic E-state index is 13.1. The molecule has 3 rings (SSSR count). The molecule has 1 aromatic carbocycles. The van der Waals surface area contributed by atoms with Gasteiger partial charge in [-0.1, -0.05) is 0 Å². The van der Waals surface area contributed by atoms with Crippen LogP contribution in [0.5, 0.6) is 0 Å². The first-order valence-electron chi connectivity index (χ1n) is 8.79. The number of aromatic nitrogens is 1. The molecule has 1 fully saturated rings. The number of amides is 2. The number of hydrogen-bond acceptors (Lipinski definition) is 4. The van der Waals surface area contributed by atoms with Gasteiger partial charge in [0.25, 0.3) is 0 Å². The summed E-state index contributed by atoms with van der Waals surface area (Å²) in [5.41, 5.74) is 1.51. The van der Waals surface area contributed by atoms with Crippen LogP contribution in [-0.2, 0) is 16.0 Å². The molecule has 2 heterocycles. The van der Waals surface area contributed by atoms with Crippen molar-refractivity contribution < 1.29 is 14.0 Å². The van der Waals surface area contributed by atoms with Gasteiger partial charge in [0, 0.05) is 36.5 Å². The van der Waals surface area contributed by atoms with Gasteiger partial charge in [-0.05, 0) is 44.0 Å². The van der Waals surface area contributed by atoms with Crippen molar-refractivity contribution in [3.63, 3.8) is 0 Å². The van der Waals surface area contributed by atoms with Gasteiger partial charge in [0.2, 0.25) is 11.8 Å². The molecule has 26 heavy (non-hydrogen) atoms. The van der Waals surface area contributed by atoms with Gasteiger partial charge in [-0.3, -0.25) is 9.59 Å². The second-order valence-electron chi connectivity index (χ2n) is 6.38. The SMILES string of the molecule is Cc1nc(-c2ccc(F)cc2)c(CC(=O)NCCC(=O)N2CCCC2)s1. The van der Waals surface area contributed by atoms with Crippen molar-refractivity contribution in [3.8, 4) is 11.3 Å². The molecule has 0 saturated carbocycles. The molecule has 138 valence electrons. The van der Waals surface area contributed by atoms with E-state index in [9.17, 15) is 14.0 Å². The van der Waals surface area contributed by atoms with Crippen LogP contribution >= 0.6 is 11.3 Å². The number of carbonyl (C=O) groups excluding carboxylic acids is 2. The molecule has 7 heteroatoms. The third kappa shape index (κ3) is 4.66. The fourth-order valence-corrected chi connectivity index (χ4v) is 4.02. The molecule has 2 amide bonds. The van der Waals surface area contributed by atoms with E-state index in [1.807, 2.05) is 11.8 Å². The molecule has 1 N–H and O–H groups in total. The number of halogens is 1. The Morgan fingerprint density at radius 2 is 1.92 bits per heavy atom. The van der Waals surface area contributed by atoms with Crippen LogP contribution in [0.3, 0.4) is 0 Å². The van der Waals surface area contributed by atoms with E-state index in [0.29, 0.717) is 13.0 Å². The summed E-state index contributed by atoms with van der Waals surface area (Å²) < 4.78 is 13.1. The van der Waals surface area contributed by atoms with E-state index in [0.717, 1.165) is 47.1 Å². The van der Waals surface area contributed by atoms with E-state index in [4.69, 9.17) is 0 Å². The minimum absolute atomic E-state index is 0.100. The summed E-state index contributed by atoms with van der Waals surface area (Å²) in [4.78, 5) is 31.4. The van der Waals surface area contributed by atoms with Gasteiger partial charge in [0.05, 0.1) is 17.1 Å². The van der Waals surface area contributed by atoms with E-state index < -0.39 is 0 Å². The lowest BCUT2D eigenvalue weighted by Gasteiger charge is -2.15. The highest BCUT2D eigenvalue weighted by atomic mass is 32.1. The zero-order valence-electron chi connectivity index (χ0n) is 14.8. The number of hydrogen-bond donors (Lipinski definition) is 1. The normalized spacial score (nSPS) is 13.8. The Labute approximate surface area is 156 Å². The Morgan fingerprint density at radius 3 is 2.62 bits per heavy atom. The van der Waals surface area contributed by atoms with Crippen LogP contribution in [0.2, 0.25) is 0 Å². The molecule has 5 nitrogen and oxygen atoms in total. The molecule has 1 aliphatic rings. The number of nitrogens with one attached hydrogen (secondary N) is 1. The van der Waals surface area contributed by atoms with Crippen molar-refractivity contribution in [2.24, 2.45) is 0 Å². The van der Waals surface area contributed by atoms with Crippen LogP contribution in [0.4, 0.5) is 4.39 Å². The topological polar surface area (TPSA) is 62.3 Å². The molecule has 0 unspecified atom stereocenters. The quantitative estimate of drug-likeness (QED) is 0.844. The summed E-state index contributed by atoms with van der Waals surface area (Å²) in [6.07, 6.45) is 2.67. The van der Waals surface area contributed by atoms with Gasteiger partial charge in [-0.2, -0.15) is 0 Å². The predicted octanol–water partition coefficient (Wildman–Crippen LogP) is 2.93. The number of thiazole rings is 1. The van der Waals surface area contributed by atoms with Gasteiger partial charge in [0.1, 0.15) is 5.82 Å². The number of carbonyl (C=O) groups is 2. The van der Waals surface area contributed by atoms with E-state index in [2.05, 4.69) is 10.3 Å². The van der Waals surface area contributed by atoms with Crippen LogP contribution in [0.25, 0.3) is 11.3 Å². The van der Waals surface area contributed by atoms with E-state index in [-0.39, 0.29) is 24.1 Å². The Kier molecular flexibility index (Phi) is 5.98. The van der Waals surface area contributed by atoms with E-state index in [1.165, 1.54) is 23.5 Å². The summed E-state index contributed by atoms with van der Waals surface area (Å²) in [6.45, 7) is 3.88. The molecule has 0 bridgehead atoms. The second-order valence-corrected chi connectivity index (χ2v) is 7.66. The molecule has 0 radical (unpaired) electrons. The van der Waals surface area contributed by atoms with Gasteiger partial charge >= 0.3 is 0 Å². The van der Waals surface area contributed by atoms with Gasteiger partial charge in [-0.15, -0.1) is 11.3 Å². The summed E-state index contributed by atoms with van der Waals surface area (Å²) >= 11 is 1.46. The molecule has 1 aromatic heterocycles. The summed E-state index contributed by atoms with van der Waals surface area (Å²) in [6, 6.07) is 6.11. The van der Waals surface area contributed by atoms with Gasteiger partial charge in [-0.25, -0.2) is 9.37 Å². The van der Waals surface area contributed by atoms with Crippen molar-refractivity contribution in [2.45, 2.75) is 32.6 Å². The Hall–Kier alpha value is -2.28. The molecule has 0 atom stereocenters. The predicted molar refractivity (Wildman–Crippen MR) is 99.4 cm³/mol. The first-order chi connectivity index (χ1) is 12.5. The summed E-state index contributed by atoms with van der Waals surface area (Å²) in [7, 11) is 0. The van der Waals surface area contributed by atoms with Crippen LogP contribution < -0.4 is 5.32 Å². The Balaban J connectivity index is 1.55. The summed E-state index contributed by atoms with van der Waals surface area (Å²) in [5.74, 6) is -0.336. The van der Waals surface area contributed by atoms with Crippen molar-refractivity contribution >= 4 is 23.2 Å². The number of aryl methyl sites for hydroxylation is 1. The molecule has 2 aromatic rings. The second kappa shape index (κ2) is 8.40. The fraction of sp³-hybridized carbons (Fsp3) is 0.421. The van der Waals surface area contributed by atoms with Crippen LogP contribution in [0.1, 0.15) is 29.1 Å². The molecular formula is C19H22FN3O2S. The van der Waals surface area contributed by atoms with Crippen LogP contribution in [0.15, 0.2) is 24.3 Å². The number of benzene rings is 1. The largest absolute Gasteiger partial charge is 0.355 e. The third-order valence-corrected chi connectivity index (χ3v) is 5.33. The van der Waals surface area contributed by atoms with Crippen LogP contribution in [0, 0.1) is 12.7 Å². The highest BCUT2D eigenvalue weighted by Crippen LogP contribution is 2.28. The zero-order valence-corrected chi connectivity index (χ0v) is 15.6. The van der Waals surface area contributed by atoms with Gasteiger partial charge < -0.3 is 10.2 Å². The highest BCUT2D eigenvalue weighted by molar-refractivity contribution is 7.12. The lowest BCUT2D eigenvalue weighted by Crippen LogP contribution is -2.33. The molecule has 0 spiro atoms. The maximum absolute atomic E-state index is 13.1. The lowest BCUT2D eigenvalue weighted by atomic mass is 10.1. The number of likely N-dealkylation sites (tertiary alicyclic amines) is 1. The smallest absolute Gasteiger partial charge is 0.225 e. The molecule has 1 aliphatic heterocycles. The Morgan fingerprint density at radius 1 is 1.23 bits per heavy atom. The molecule has 0 aliphatic carbocycles. The minimum atomic E-state index is -0.303. The standard InChI is InChI=1S/C19H22FN3O2S/c1-13-22-19(14-4-6-15(20)7-5-14)16(26-13)12-17(24)21-9-8-18(25)23-10-2-3-11-23/h4-7H,2-3,8-12H2,1H3,(H,21,24). The van der Waals surface area contributed by atoms with Crippen molar-refractivity contribution in [2.75, 3.05) is 19.6 Å². The summed E-state index contributed by atoms with van der Waals surface area (Å²) in [5, 5.41) is 3.67. The maximum Gasteiger partial charge on any atom is 0.225 e. The fourth-order valence-electron chi connectivity index (χ4n) is 3.06. The minimum Gasteiger partial charge on any atom is -0.355 e. The molecule has 1 saturated heterocycles. The zero-order chi connectivity index (χ0) is 18.5. The average molecular weight is 375 g/mol.